The van der Waals surface area contributed by atoms with Crippen LogP contribution in [0.15, 0.2) is 48.1 Å². The number of carbonyl (C=O) groups is 1. The summed E-state index contributed by atoms with van der Waals surface area (Å²) in [5.74, 6) is 0.406. The predicted molar refractivity (Wildman–Crippen MR) is 110 cm³/mol. The van der Waals surface area contributed by atoms with Gasteiger partial charge in [-0.25, -0.2) is 9.67 Å². The number of hydrogen-bond donors (Lipinski definition) is 2. The Morgan fingerprint density at radius 3 is 2.96 bits per heavy atom. The second kappa shape index (κ2) is 9.12. The molecule has 1 aliphatic rings. The number of benzene rings is 1. The number of piperidine rings is 1. The van der Waals surface area contributed by atoms with Crippen molar-refractivity contribution in [1.29, 1.82) is 0 Å². The van der Waals surface area contributed by atoms with Crippen LogP contribution in [-0.4, -0.2) is 40.3 Å². The number of halogens is 1. The van der Waals surface area contributed by atoms with Gasteiger partial charge in [0.2, 0.25) is 0 Å². The number of carbonyl (C=O) groups excluding carboxylic acids is 1. The lowest BCUT2D eigenvalue weighted by molar-refractivity contribution is 0.0940. The van der Waals surface area contributed by atoms with E-state index in [1.54, 1.807) is 6.20 Å². The molecule has 1 aromatic carbocycles. The highest BCUT2D eigenvalue weighted by atomic mass is 35.5. The lowest BCUT2D eigenvalue weighted by atomic mass is 10.00. The Labute approximate surface area is 168 Å². The van der Waals surface area contributed by atoms with Gasteiger partial charge in [0.1, 0.15) is 10.7 Å². The highest BCUT2D eigenvalue weighted by Crippen LogP contribution is 2.24. The molecule has 1 fully saturated rings. The third-order valence-corrected chi connectivity index (χ3v) is 5.43. The molecule has 1 amide bonds. The summed E-state index contributed by atoms with van der Waals surface area (Å²) in [4.78, 5) is 16.8. The van der Waals surface area contributed by atoms with E-state index in [4.69, 9.17) is 0 Å². The van der Waals surface area contributed by atoms with E-state index < -0.39 is 0 Å². The molecule has 8 heteroatoms. The van der Waals surface area contributed by atoms with Gasteiger partial charge in [0.25, 0.3) is 5.91 Å². The third kappa shape index (κ3) is 4.74. The molecule has 3 heterocycles. The summed E-state index contributed by atoms with van der Waals surface area (Å²) in [6.07, 6.45) is 6.05. The minimum atomic E-state index is -0.103. The maximum Gasteiger partial charge on any atom is 0.270 e. The minimum Gasteiger partial charge on any atom is -0.350 e. The van der Waals surface area contributed by atoms with Crippen molar-refractivity contribution in [3.63, 3.8) is 0 Å². The average molecular weight is 404 g/mol. The van der Waals surface area contributed by atoms with Gasteiger partial charge in [-0.15, -0.1) is 23.7 Å². The molecule has 0 saturated carbocycles. The second-order valence-corrected chi connectivity index (χ2v) is 7.33. The Morgan fingerprint density at radius 1 is 1.33 bits per heavy atom. The molecule has 142 valence electrons. The fraction of sp³-hybridized carbons (Fsp3) is 0.316. The smallest absolute Gasteiger partial charge is 0.270 e. The molecular weight excluding hydrogens is 382 g/mol. The van der Waals surface area contributed by atoms with Gasteiger partial charge in [-0.3, -0.25) is 4.79 Å². The van der Waals surface area contributed by atoms with E-state index in [-0.39, 0.29) is 18.3 Å². The van der Waals surface area contributed by atoms with E-state index in [1.165, 1.54) is 17.8 Å². The first-order valence-corrected chi connectivity index (χ1v) is 9.72. The molecule has 0 spiro atoms. The standard InChI is InChI=1S/C19H21N5OS.ClH/c25-18(21-10-14-5-4-8-20-9-14)17-13-26-19(23-17)15-11-22-24(12-15)16-6-2-1-3-7-16;/h1-3,6-7,11-14,20H,4-5,8-10H2,(H,21,25);1H. The lowest BCUT2D eigenvalue weighted by Gasteiger charge is -2.22. The Bertz CT molecular complexity index is 873. The van der Waals surface area contributed by atoms with Crippen molar-refractivity contribution in [3.8, 4) is 16.3 Å². The number of para-hydroxylation sites is 1. The van der Waals surface area contributed by atoms with Crippen molar-refractivity contribution in [2.45, 2.75) is 12.8 Å². The SMILES string of the molecule is Cl.O=C(NCC1CCCNC1)c1csc(-c2cnn(-c3ccccc3)c2)n1. The summed E-state index contributed by atoms with van der Waals surface area (Å²) in [6.45, 7) is 2.75. The quantitative estimate of drug-likeness (QED) is 0.686. The van der Waals surface area contributed by atoms with Crippen LogP contribution in [0.5, 0.6) is 0 Å². The normalized spacial score (nSPS) is 16.5. The van der Waals surface area contributed by atoms with Crippen LogP contribution in [0, 0.1) is 5.92 Å². The zero-order chi connectivity index (χ0) is 17.8. The maximum absolute atomic E-state index is 12.4. The van der Waals surface area contributed by atoms with E-state index in [2.05, 4.69) is 20.7 Å². The van der Waals surface area contributed by atoms with Crippen LogP contribution in [0.1, 0.15) is 23.3 Å². The number of nitrogens with one attached hydrogen (secondary N) is 2. The predicted octanol–water partition coefficient (Wildman–Crippen LogP) is 3.15. The van der Waals surface area contributed by atoms with Gasteiger partial charge in [0.05, 0.1) is 11.9 Å². The summed E-state index contributed by atoms with van der Waals surface area (Å²) in [5, 5.41) is 13.4. The van der Waals surface area contributed by atoms with Gasteiger partial charge in [0, 0.05) is 23.7 Å². The van der Waals surface area contributed by atoms with E-state index in [1.807, 2.05) is 46.6 Å². The van der Waals surface area contributed by atoms with Gasteiger partial charge < -0.3 is 10.6 Å². The molecule has 1 saturated heterocycles. The molecule has 0 radical (unpaired) electrons. The van der Waals surface area contributed by atoms with Gasteiger partial charge >= 0.3 is 0 Å². The van der Waals surface area contributed by atoms with Crippen LogP contribution in [0.4, 0.5) is 0 Å². The van der Waals surface area contributed by atoms with E-state index in [0.29, 0.717) is 18.2 Å². The lowest BCUT2D eigenvalue weighted by Crippen LogP contribution is -2.38. The monoisotopic (exact) mass is 403 g/mol. The van der Waals surface area contributed by atoms with Gasteiger partial charge in [-0.05, 0) is 44.0 Å². The van der Waals surface area contributed by atoms with Crippen LogP contribution >= 0.6 is 23.7 Å². The first-order valence-electron chi connectivity index (χ1n) is 8.84. The molecule has 1 unspecified atom stereocenters. The summed E-state index contributed by atoms with van der Waals surface area (Å²) < 4.78 is 1.81. The third-order valence-electron chi connectivity index (χ3n) is 4.54. The zero-order valence-corrected chi connectivity index (χ0v) is 16.4. The highest BCUT2D eigenvalue weighted by molar-refractivity contribution is 7.13. The van der Waals surface area contributed by atoms with Crippen molar-refractivity contribution in [2.75, 3.05) is 19.6 Å². The average Bonchev–Trinajstić information content (AvgIpc) is 3.37. The van der Waals surface area contributed by atoms with Crippen molar-refractivity contribution in [2.24, 2.45) is 5.92 Å². The molecule has 1 atom stereocenters. The largest absolute Gasteiger partial charge is 0.350 e. The molecule has 27 heavy (non-hydrogen) atoms. The van der Waals surface area contributed by atoms with Crippen molar-refractivity contribution in [1.82, 2.24) is 25.4 Å². The molecule has 0 bridgehead atoms. The summed E-state index contributed by atoms with van der Waals surface area (Å²) in [7, 11) is 0. The van der Waals surface area contributed by atoms with Crippen molar-refractivity contribution < 1.29 is 4.79 Å². The molecule has 2 aromatic heterocycles. The van der Waals surface area contributed by atoms with Gasteiger partial charge in [0.15, 0.2) is 0 Å². The van der Waals surface area contributed by atoms with Gasteiger partial charge in [-0.2, -0.15) is 5.10 Å². The van der Waals surface area contributed by atoms with Crippen LogP contribution in [0.2, 0.25) is 0 Å². The zero-order valence-electron chi connectivity index (χ0n) is 14.8. The number of hydrogen-bond acceptors (Lipinski definition) is 5. The fourth-order valence-corrected chi connectivity index (χ4v) is 3.87. The number of amides is 1. The first-order chi connectivity index (χ1) is 12.8. The van der Waals surface area contributed by atoms with Crippen LogP contribution in [0.3, 0.4) is 0 Å². The molecule has 6 nitrogen and oxygen atoms in total. The van der Waals surface area contributed by atoms with E-state index in [9.17, 15) is 4.79 Å². The number of nitrogens with zero attached hydrogens (tertiary/aromatic N) is 3. The number of aromatic nitrogens is 3. The van der Waals surface area contributed by atoms with Crippen molar-refractivity contribution in [3.05, 3.63) is 53.8 Å². The fourth-order valence-electron chi connectivity index (χ4n) is 3.09. The van der Waals surface area contributed by atoms with E-state index >= 15 is 0 Å². The molecular formula is C19H22ClN5OS. The van der Waals surface area contributed by atoms with E-state index in [0.717, 1.165) is 35.8 Å². The minimum absolute atomic E-state index is 0. The number of thiazole rings is 1. The summed E-state index contributed by atoms with van der Waals surface area (Å²) in [5.41, 5.74) is 2.38. The van der Waals surface area contributed by atoms with Gasteiger partial charge in [-0.1, -0.05) is 18.2 Å². The molecule has 2 N–H and O–H groups in total. The Hall–Kier alpha value is -2.22. The van der Waals surface area contributed by atoms with Crippen LogP contribution in [-0.2, 0) is 0 Å². The highest BCUT2D eigenvalue weighted by Gasteiger charge is 2.17. The molecule has 1 aliphatic heterocycles. The molecule has 3 aromatic rings. The maximum atomic E-state index is 12.4. The molecule has 0 aliphatic carbocycles. The Kier molecular flexibility index (Phi) is 6.60. The van der Waals surface area contributed by atoms with Crippen LogP contribution < -0.4 is 10.6 Å². The molecule has 4 rings (SSSR count). The summed E-state index contributed by atoms with van der Waals surface area (Å²) >= 11 is 1.46. The first kappa shape index (κ1) is 19.5. The topological polar surface area (TPSA) is 71.8 Å². The van der Waals surface area contributed by atoms with Crippen molar-refractivity contribution >= 4 is 29.7 Å². The van der Waals surface area contributed by atoms with Crippen LogP contribution in [0.25, 0.3) is 16.3 Å². The Balaban J connectivity index is 0.00000210. The second-order valence-electron chi connectivity index (χ2n) is 6.47. The summed E-state index contributed by atoms with van der Waals surface area (Å²) in [6, 6.07) is 9.92. The Morgan fingerprint density at radius 2 is 2.19 bits per heavy atom. The number of rotatable bonds is 5.